The molecule has 0 fully saturated rings. The number of nitro benzene ring substituents is 1. The second-order valence-corrected chi connectivity index (χ2v) is 6.08. The SMILES string of the molecule is Cc1ccc(C)c(N=Cc2ccc(-c3ccc([N+](=O)[O-])cc3Cl)o2)c1. The maximum absolute atomic E-state index is 10.8. The molecule has 0 radical (unpaired) electrons. The van der Waals surface area contributed by atoms with E-state index in [0.717, 1.165) is 16.8 Å². The van der Waals surface area contributed by atoms with Crippen LogP contribution in [0.3, 0.4) is 0 Å². The molecule has 0 aliphatic heterocycles. The van der Waals surface area contributed by atoms with Gasteiger partial charge in [0.25, 0.3) is 5.69 Å². The third-order valence-corrected chi connectivity index (χ3v) is 4.06. The fourth-order valence-corrected chi connectivity index (χ4v) is 2.64. The molecule has 0 saturated heterocycles. The summed E-state index contributed by atoms with van der Waals surface area (Å²) in [6, 6.07) is 13.9. The van der Waals surface area contributed by atoms with E-state index >= 15 is 0 Å². The highest BCUT2D eigenvalue weighted by Crippen LogP contribution is 2.32. The molecule has 2 aromatic carbocycles. The van der Waals surface area contributed by atoms with Gasteiger partial charge in [0.2, 0.25) is 0 Å². The molecule has 126 valence electrons. The largest absolute Gasteiger partial charge is 0.455 e. The minimum atomic E-state index is -0.486. The Morgan fingerprint density at radius 1 is 1.12 bits per heavy atom. The lowest BCUT2D eigenvalue weighted by Crippen LogP contribution is -1.88. The topological polar surface area (TPSA) is 68.6 Å². The molecule has 0 spiro atoms. The van der Waals surface area contributed by atoms with Gasteiger partial charge >= 0.3 is 0 Å². The maximum atomic E-state index is 10.8. The van der Waals surface area contributed by atoms with Crippen LogP contribution in [0.4, 0.5) is 11.4 Å². The van der Waals surface area contributed by atoms with Crippen LogP contribution in [0.15, 0.2) is 57.9 Å². The maximum Gasteiger partial charge on any atom is 0.270 e. The normalized spacial score (nSPS) is 11.2. The summed E-state index contributed by atoms with van der Waals surface area (Å²) in [6.07, 6.45) is 1.64. The van der Waals surface area contributed by atoms with Crippen molar-refractivity contribution in [2.24, 2.45) is 4.99 Å². The molecule has 0 atom stereocenters. The van der Waals surface area contributed by atoms with Crippen LogP contribution in [0, 0.1) is 24.0 Å². The van der Waals surface area contributed by atoms with Crippen molar-refractivity contribution in [1.29, 1.82) is 0 Å². The molecule has 1 heterocycles. The van der Waals surface area contributed by atoms with Gasteiger partial charge in [0, 0.05) is 17.7 Å². The molecule has 0 aliphatic rings. The number of nitro groups is 1. The number of furan rings is 1. The van der Waals surface area contributed by atoms with Crippen LogP contribution in [0.5, 0.6) is 0 Å². The van der Waals surface area contributed by atoms with E-state index in [1.54, 1.807) is 24.4 Å². The standard InChI is InChI=1S/C19H15ClN2O3/c1-12-3-4-13(2)18(9-12)21-11-15-6-8-19(25-15)16-7-5-14(22(23)24)10-17(16)20/h3-11H,1-2H3. The van der Waals surface area contributed by atoms with Gasteiger partial charge in [-0.1, -0.05) is 23.7 Å². The van der Waals surface area contributed by atoms with Gasteiger partial charge in [-0.3, -0.25) is 15.1 Å². The van der Waals surface area contributed by atoms with Crippen LogP contribution >= 0.6 is 11.6 Å². The zero-order valence-electron chi connectivity index (χ0n) is 13.7. The van der Waals surface area contributed by atoms with Gasteiger partial charge in [0.05, 0.1) is 21.8 Å². The Balaban J connectivity index is 1.87. The Kier molecular flexibility index (Phi) is 4.67. The average molecular weight is 355 g/mol. The molecule has 0 N–H and O–H groups in total. The predicted molar refractivity (Wildman–Crippen MR) is 99.0 cm³/mol. The van der Waals surface area contributed by atoms with Gasteiger partial charge in [-0.25, -0.2) is 0 Å². The van der Waals surface area contributed by atoms with Crippen molar-refractivity contribution < 1.29 is 9.34 Å². The second kappa shape index (κ2) is 6.91. The minimum absolute atomic E-state index is 0.0583. The summed E-state index contributed by atoms with van der Waals surface area (Å²) in [5.74, 6) is 1.10. The number of hydrogen-bond acceptors (Lipinski definition) is 4. The van der Waals surface area contributed by atoms with E-state index in [9.17, 15) is 10.1 Å². The number of non-ortho nitro benzene ring substituents is 1. The molecule has 3 aromatic rings. The van der Waals surface area contributed by atoms with Crippen molar-refractivity contribution in [3.63, 3.8) is 0 Å². The fraction of sp³-hybridized carbons (Fsp3) is 0.105. The molecule has 0 unspecified atom stereocenters. The lowest BCUT2D eigenvalue weighted by Gasteiger charge is -2.01. The van der Waals surface area contributed by atoms with Crippen molar-refractivity contribution in [1.82, 2.24) is 0 Å². The van der Waals surface area contributed by atoms with E-state index in [-0.39, 0.29) is 10.7 Å². The number of aryl methyl sites for hydroxylation is 2. The first kappa shape index (κ1) is 16.9. The van der Waals surface area contributed by atoms with E-state index in [1.165, 1.54) is 12.1 Å². The summed E-state index contributed by atoms with van der Waals surface area (Å²) in [4.78, 5) is 14.8. The quantitative estimate of drug-likeness (QED) is 0.334. The summed E-state index contributed by atoms with van der Waals surface area (Å²) in [5.41, 5.74) is 3.63. The van der Waals surface area contributed by atoms with Gasteiger partial charge in [0.1, 0.15) is 11.5 Å². The van der Waals surface area contributed by atoms with E-state index in [4.69, 9.17) is 16.0 Å². The Bertz CT molecular complexity index is 977. The molecule has 0 amide bonds. The zero-order chi connectivity index (χ0) is 18.0. The highest BCUT2D eigenvalue weighted by atomic mass is 35.5. The number of nitrogens with zero attached hydrogens (tertiary/aromatic N) is 2. The smallest absolute Gasteiger partial charge is 0.270 e. The van der Waals surface area contributed by atoms with Crippen molar-refractivity contribution in [3.05, 3.63) is 80.6 Å². The molecule has 0 saturated carbocycles. The van der Waals surface area contributed by atoms with E-state index < -0.39 is 4.92 Å². The number of halogens is 1. The summed E-state index contributed by atoms with van der Waals surface area (Å²) in [6.45, 7) is 4.01. The molecular weight excluding hydrogens is 340 g/mol. The summed E-state index contributed by atoms with van der Waals surface area (Å²) >= 11 is 6.13. The van der Waals surface area contributed by atoms with Crippen LogP contribution < -0.4 is 0 Å². The molecule has 0 aliphatic carbocycles. The van der Waals surface area contributed by atoms with Crippen LogP contribution in [-0.2, 0) is 0 Å². The minimum Gasteiger partial charge on any atom is -0.455 e. The van der Waals surface area contributed by atoms with Gasteiger partial charge in [0.15, 0.2) is 0 Å². The third kappa shape index (κ3) is 3.78. The number of aliphatic imine (C=N–C) groups is 1. The summed E-state index contributed by atoms with van der Waals surface area (Å²) in [7, 11) is 0. The average Bonchev–Trinajstić information content (AvgIpc) is 3.04. The van der Waals surface area contributed by atoms with Crippen LogP contribution in [0.2, 0.25) is 5.02 Å². The molecule has 1 aromatic heterocycles. The Labute approximate surface area is 149 Å². The Morgan fingerprint density at radius 3 is 2.64 bits per heavy atom. The highest BCUT2D eigenvalue weighted by Gasteiger charge is 2.13. The van der Waals surface area contributed by atoms with Gasteiger partial charge in [-0.15, -0.1) is 0 Å². The summed E-state index contributed by atoms with van der Waals surface area (Å²) < 4.78 is 5.74. The first-order valence-corrected chi connectivity index (χ1v) is 7.97. The van der Waals surface area contributed by atoms with Crippen LogP contribution in [-0.4, -0.2) is 11.1 Å². The number of rotatable bonds is 4. The van der Waals surface area contributed by atoms with Gasteiger partial charge < -0.3 is 4.42 Å². The van der Waals surface area contributed by atoms with Crippen molar-refractivity contribution in [3.8, 4) is 11.3 Å². The van der Waals surface area contributed by atoms with Gasteiger partial charge in [-0.2, -0.15) is 0 Å². The third-order valence-electron chi connectivity index (χ3n) is 3.75. The second-order valence-electron chi connectivity index (χ2n) is 5.67. The fourth-order valence-electron chi connectivity index (χ4n) is 2.38. The molecular formula is C19H15ClN2O3. The zero-order valence-corrected chi connectivity index (χ0v) is 14.4. The number of hydrogen-bond donors (Lipinski definition) is 0. The first-order valence-electron chi connectivity index (χ1n) is 7.59. The Hall–Kier alpha value is -2.92. The predicted octanol–water partition coefficient (Wildman–Crippen LogP) is 5.88. The molecule has 6 heteroatoms. The molecule has 0 bridgehead atoms. The Morgan fingerprint density at radius 2 is 1.92 bits per heavy atom. The van der Waals surface area contributed by atoms with Crippen molar-refractivity contribution in [2.75, 3.05) is 0 Å². The van der Waals surface area contributed by atoms with Crippen LogP contribution in [0.1, 0.15) is 16.9 Å². The first-order chi connectivity index (χ1) is 11.9. The van der Waals surface area contributed by atoms with Crippen LogP contribution in [0.25, 0.3) is 11.3 Å². The summed E-state index contributed by atoms with van der Waals surface area (Å²) in [5, 5.41) is 11.0. The van der Waals surface area contributed by atoms with Crippen molar-refractivity contribution in [2.45, 2.75) is 13.8 Å². The van der Waals surface area contributed by atoms with Crippen molar-refractivity contribution >= 4 is 29.2 Å². The van der Waals surface area contributed by atoms with E-state index in [1.807, 2.05) is 32.0 Å². The lowest BCUT2D eigenvalue weighted by atomic mass is 10.1. The monoisotopic (exact) mass is 354 g/mol. The highest BCUT2D eigenvalue weighted by molar-refractivity contribution is 6.33. The molecule has 25 heavy (non-hydrogen) atoms. The van der Waals surface area contributed by atoms with E-state index in [2.05, 4.69) is 4.99 Å². The lowest BCUT2D eigenvalue weighted by molar-refractivity contribution is -0.384. The number of benzene rings is 2. The molecule has 3 rings (SSSR count). The van der Waals surface area contributed by atoms with E-state index in [0.29, 0.717) is 17.1 Å². The molecule has 5 nitrogen and oxygen atoms in total. The van der Waals surface area contributed by atoms with Gasteiger partial charge in [-0.05, 0) is 49.2 Å².